The van der Waals surface area contributed by atoms with Gasteiger partial charge in [-0.1, -0.05) is 18.2 Å². The van der Waals surface area contributed by atoms with Crippen LogP contribution in [0.3, 0.4) is 0 Å². The Kier molecular flexibility index (Phi) is 4.94. The zero-order valence-corrected chi connectivity index (χ0v) is 12.4. The van der Waals surface area contributed by atoms with Gasteiger partial charge in [0.25, 0.3) is 0 Å². The van der Waals surface area contributed by atoms with Crippen molar-refractivity contribution in [2.45, 2.75) is 13.0 Å². The van der Waals surface area contributed by atoms with E-state index in [1.54, 1.807) is 0 Å². The third-order valence-corrected chi connectivity index (χ3v) is 3.00. The molecule has 0 bridgehead atoms. The van der Waals surface area contributed by atoms with Crippen LogP contribution in [0.25, 0.3) is 0 Å². The van der Waals surface area contributed by atoms with E-state index in [1.165, 1.54) is 20.4 Å². The van der Waals surface area contributed by atoms with E-state index < -0.39 is 6.04 Å². The summed E-state index contributed by atoms with van der Waals surface area (Å²) in [6.07, 6.45) is 1.51. The fourth-order valence-corrected chi connectivity index (χ4v) is 2.00. The third kappa shape index (κ3) is 3.22. The number of aromatic nitrogens is 2. The van der Waals surface area contributed by atoms with Crippen molar-refractivity contribution in [2.24, 2.45) is 5.73 Å². The minimum atomic E-state index is -0.499. The molecule has 0 aliphatic carbocycles. The topological polar surface area (TPSA) is 79.5 Å². The standard InChI is InChI=1S/C15H19N3O3/c1-4-21-11-8-6-5-7-10(11)13(16)14-15(20-3)18-12(19-2)9-17-14/h5-9,13H,4,16H2,1-3H3. The molecule has 0 radical (unpaired) electrons. The van der Waals surface area contributed by atoms with E-state index in [4.69, 9.17) is 19.9 Å². The molecule has 1 aromatic carbocycles. The molecule has 2 rings (SSSR count). The predicted octanol–water partition coefficient (Wildman–Crippen LogP) is 1.94. The van der Waals surface area contributed by atoms with Crippen LogP contribution in [0, 0.1) is 0 Å². The van der Waals surface area contributed by atoms with E-state index in [2.05, 4.69) is 9.97 Å². The van der Waals surface area contributed by atoms with Crippen LogP contribution in [-0.2, 0) is 0 Å². The lowest BCUT2D eigenvalue weighted by Crippen LogP contribution is -2.17. The molecule has 21 heavy (non-hydrogen) atoms. The monoisotopic (exact) mass is 289 g/mol. The number of methoxy groups -OCH3 is 2. The van der Waals surface area contributed by atoms with Gasteiger partial charge in [-0.05, 0) is 13.0 Å². The smallest absolute Gasteiger partial charge is 0.240 e. The van der Waals surface area contributed by atoms with Crippen molar-refractivity contribution in [3.8, 4) is 17.5 Å². The molecular formula is C15H19N3O3. The summed E-state index contributed by atoms with van der Waals surface area (Å²) >= 11 is 0. The van der Waals surface area contributed by atoms with Crippen LogP contribution < -0.4 is 19.9 Å². The molecule has 0 amide bonds. The van der Waals surface area contributed by atoms with Gasteiger partial charge in [0.2, 0.25) is 11.8 Å². The highest BCUT2D eigenvalue weighted by molar-refractivity contribution is 5.42. The highest BCUT2D eigenvalue weighted by atomic mass is 16.5. The molecule has 0 saturated carbocycles. The zero-order chi connectivity index (χ0) is 15.2. The summed E-state index contributed by atoms with van der Waals surface area (Å²) < 4.78 is 15.9. The Morgan fingerprint density at radius 1 is 1.19 bits per heavy atom. The summed E-state index contributed by atoms with van der Waals surface area (Å²) in [5.41, 5.74) is 7.68. The van der Waals surface area contributed by atoms with Crippen molar-refractivity contribution in [3.05, 3.63) is 41.7 Å². The maximum Gasteiger partial charge on any atom is 0.240 e. The van der Waals surface area contributed by atoms with Crippen molar-refractivity contribution in [2.75, 3.05) is 20.8 Å². The second kappa shape index (κ2) is 6.90. The number of nitrogens with two attached hydrogens (primary N) is 1. The number of hydrogen-bond acceptors (Lipinski definition) is 6. The summed E-state index contributed by atoms with van der Waals surface area (Å²) in [5, 5.41) is 0. The second-order valence-corrected chi connectivity index (χ2v) is 4.26. The first-order valence-corrected chi connectivity index (χ1v) is 6.63. The first kappa shape index (κ1) is 15.1. The van der Waals surface area contributed by atoms with Crippen LogP contribution in [0.15, 0.2) is 30.5 Å². The summed E-state index contributed by atoms with van der Waals surface area (Å²) in [6.45, 7) is 2.49. The lowest BCUT2D eigenvalue weighted by Gasteiger charge is -2.17. The number of hydrogen-bond donors (Lipinski definition) is 1. The Labute approximate surface area is 123 Å². The molecule has 6 heteroatoms. The largest absolute Gasteiger partial charge is 0.494 e. The lowest BCUT2D eigenvalue weighted by atomic mass is 10.0. The minimum absolute atomic E-state index is 0.341. The van der Waals surface area contributed by atoms with Gasteiger partial charge in [0.1, 0.15) is 11.4 Å². The molecule has 1 aromatic heterocycles. The molecule has 1 atom stereocenters. The van der Waals surface area contributed by atoms with Crippen LogP contribution >= 0.6 is 0 Å². The van der Waals surface area contributed by atoms with Crippen molar-refractivity contribution in [1.82, 2.24) is 9.97 Å². The van der Waals surface area contributed by atoms with Crippen LogP contribution in [0.5, 0.6) is 17.5 Å². The maximum atomic E-state index is 6.31. The number of nitrogens with zero attached hydrogens (tertiary/aromatic N) is 2. The average Bonchev–Trinajstić information content (AvgIpc) is 2.54. The fourth-order valence-electron chi connectivity index (χ4n) is 2.00. The van der Waals surface area contributed by atoms with Gasteiger partial charge in [-0.2, -0.15) is 4.98 Å². The van der Waals surface area contributed by atoms with E-state index >= 15 is 0 Å². The lowest BCUT2D eigenvalue weighted by molar-refractivity contribution is 0.333. The van der Waals surface area contributed by atoms with Crippen LogP contribution in [0.4, 0.5) is 0 Å². The molecule has 2 aromatic rings. The first-order valence-electron chi connectivity index (χ1n) is 6.63. The summed E-state index contributed by atoms with van der Waals surface area (Å²) in [4.78, 5) is 8.51. The van der Waals surface area contributed by atoms with Crippen molar-refractivity contribution in [3.63, 3.8) is 0 Å². The molecule has 0 fully saturated rings. The van der Waals surface area contributed by atoms with Crippen LogP contribution in [0.2, 0.25) is 0 Å². The van der Waals surface area contributed by atoms with Gasteiger partial charge in [0.05, 0.1) is 33.1 Å². The summed E-state index contributed by atoms with van der Waals surface area (Å²) in [6, 6.07) is 7.09. The van der Waals surface area contributed by atoms with Gasteiger partial charge in [0, 0.05) is 5.56 Å². The number of rotatable bonds is 6. The van der Waals surface area contributed by atoms with Gasteiger partial charge in [-0.25, -0.2) is 4.98 Å². The fraction of sp³-hybridized carbons (Fsp3) is 0.333. The highest BCUT2D eigenvalue weighted by Gasteiger charge is 2.21. The van der Waals surface area contributed by atoms with Gasteiger partial charge in [0.15, 0.2) is 0 Å². The quantitative estimate of drug-likeness (QED) is 0.875. The molecule has 0 saturated heterocycles. The Morgan fingerprint density at radius 2 is 1.95 bits per heavy atom. The summed E-state index contributed by atoms with van der Waals surface area (Å²) in [7, 11) is 3.04. The number of para-hydroxylation sites is 1. The molecule has 112 valence electrons. The maximum absolute atomic E-state index is 6.31. The van der Waals surface area contributed by atoms with Gasteiger partial charge in [-0.3, -0.25) is 0 Å². The molecular weight excluding hydrogens is 270 g/mol. The molecule has 6 nitrogen and oxygen atoms in total. The van der Waals surface area contributed by atoms with Crippen LogP contribution in [0.1, 0.15) is 24.2 Å². The first-order chi connectivity index (χ1) is 10.2. The van der Waals surface area contributed by atoms with Crippen molar-refractivity contribution in [1.29, 1.82) is 0 Å². The Hall–Kier alpha value is -2.34. The summed E-state index contributed by atoms with van der Waals surface area (Å²) in [5.74, 6) is 1.45. The van der Waals surface area contributed by atoms with Gasteiger partial charge < -0.3 is 19.9 Å². The van der Waals surface area contributed by atoms with E-state index in [-0.39, 0.29) is 0 Å². The van der Waals surface area contributed by atoms with E-state index in [0.717, 1.165) is 11.3 Å². The Balaban J connectivity index is 2.42. The van der Waals surface area contributed by atoms with E-state index in [1.807, 2.05) is 31.2 Å². The molecule has 0 aliphatic rings. The predicted molar refractivity (Wildman–Crippen MR) is 78.8 cm³/mol. The van der Waals surface area contributed by atoms with E-state index in [0.29, 0.717) is 24.1 Å². The minimum Gasteiger partial charge on any atom is -0.494 e. The van der Waals surface area contributed by atoms with Crippen molar-refractivity contribution < 1.29 is 14.2 Å². The van der Waals surface area contributed by atoms with Crippen molar-refractivity contribution >= 4 is 0 Å². The Bertz CT molecular complexity index is 604. The normalized spacial score (nSPS) is 11.8. The van der Waals surface area contributed by atoms with E-state index in [9.17, 15) is 0 Å². The number of benzene rings is 1. The van der Waals surface area contributed by atoms with Gasteiger partial charge in [-0.15, -0.1) is 0 Å². The molecule has 1 heterocycles. The molecule has 0 spiro atoms. The number of ether oxygens (including phenoxy) is 3. The zero-order valence-electron chi connectivity index (χ0n) is 12.4. The van der Waals surface area contributed by atoms with Crippen LogP contribution in [-0.4, -0.2) is 30.8 Å². The SMILES string of the molecule is CCOc1ccccc1C(N)c1ncc(OC)nc1OC. The molecule has 2 N–H and O–H groups in total. The second-order valence-electron chi connectivity index (χ2n) is 4.26. The molecule has 1 unspecified atom stereocenters. The van der Waals surface area contributed by atoms with Gasteiger partial charge >= 0.3 is 0 Å². The highest BCUT2D eigenvalue weighted by Crippen LogP contribution is 2.31. The Morgan fingerprint density at radius 3 is 2.62 bits per heavy atom. The average molecular weight is 289 g/mol. The third-order valence-electron chi connectivity index (χ3n) is 3.00. The molecule has 0 aliphatic heterocycles.